The second-order valence-corrected chi connectivity index (χ2v) is 4.22. The fourth-order valence-electron chi connectivity index (χ4n) is 1.99. The molecular weight excluding hydrogens is 198 g/mol. The molecule has 1 heterocycles. The van der Waals surface area contributed by atoms with Crippen molar-refractivity contribution in [2.75, 3.05) is 13.1 Å². The summed E-state index contributed by atoms with van der Waals surface area (Å²) in [4.78, 5) is 2.27. The summed E-state index contributed by atoms with van der Waals surface area (Å²) in [6.45, 7) is 13.9. The van der Waals surface area contributed by atoms with Crippen LogP contribution in [0.3, 0.4) is 0 Å². The lowest BCUT2D eigenvalue weighted by atomic mass is 10.1. The molecule has 1 saturated heterocycles. The maximum absolute atomic E-state index is 5.87. The summed E-state index contributed by atoms with van der Waals surface area (Å²) in [5.74, 6) is 1.06. The lowest BCUT2D eigenvalue weighted by Gasteiger charge is -2.34. The minimum absolute atomic E-state index is 0.372. The Morgan fingerprint density at radius 1 is 1.44 bits per heavy atom. The smallest absolute Gasteiger partial charge is 0.102 e. The van der Waals surface area contributed by atoms with Crippen LogP contribution in [0.15, 0.2) is 36.8 Å². The van der Waals surface area contributed by atoms with Gasteiger partial charge in [0.05, 0.1) is 5.76 Å². The van der Waals surface area contributed by atoms with Gasteiger partial charge in [0, 0.05) is 31.6 Å². The van der Waals surface area contributed by atoms with E-state index in [0.717, 1.165) is 43.8 Å². The molecule has 1 aliphatic heterocycles. The van der Waals surface area contributed by atoms with Crippen molar-refractivity contribution in [2.24, 2.45) is 0 Å². The molecular formula is C14H23NO. The number of piperidine rings is 1. The quantitative estimate of drug-likeness (QED) is 0.520. The SMILES string of the molecule is C=CC(=C)N1CCC(O/C(C)=C/CC)CC1. The van der Waals surface area contributed by atoms with Crippen LogP contribution in [-0.4, -0.2) is 24.1 Å². The highest BCUT2D eigenvalue weighted by atomic mass is 16.5. The van der Waals surface area contributed by atoms with Crippen LogP contribution >= 0.6 is 0 Å². The third-order valence-corrected chi connectivity index (χ3v) is 2.93. The summed E-state index contributed by atoms with van der Waals surface area (Å²) in [5, 5.41) is 0. The molecule has 90 valence electrons. The van der Waals surface area contributed by atoms with E-state index in [2.05, 4.69) is 31.1 Å². The van der Waals surface area contributed by atoms with Crippen molar-refractivity contribution in [3.05, 3.63) is 36.8 Å². The number of ether oxygens (including phenoxy) is 1. The van der Waals surface area contributed by atoms with Crippen LogP contribution in [-0.2, 0) is 4.74 Å². The minimum Gasteiger partial charge on any atom is -0.495 e. The van der Waals surface area contributed by atoms with Crippen molar-refractivity contribution >= 4 is 0 Å². The van der Waals surface area contributed by atoms with Crippen molar-refractivity contribution in [1.29, 1.82) is 0 Å². The van der Waals surface area contributed by atoms with Gasteiger partial charge in [0.15, 0.2) is 0 Å². The standard InChI is InChI=1S/C14H23NO/c1-5-7-13(4)16-14-8-10-15(11-9-14)12(3)6-2/h6-7,14H,2-3,5,8-11H2,1,4H3/b13-7+. The molecule has 1 rings (SSSR count). The third kappa shape index (κ3) is 3.76. The van der Waals surface area contributed by atoms with Gasteiger partial charge in [-0.15, -0.1) is 0 Å². The minimum atomic E-state index is 0.372. The lowest BCUT2D eigenvalue weighted by Crippen LogP contribution is -2.35. The molecule has 2 heteroatoms. The Morgan fingerprint density at radius 3 is 2.56 bits per heavy atom. The first kappa shape index (κ1) is 12.9. The zero-order valence-corrected chi connectivity index (χ0v) is 10.5. The first-order valence-corrected chi connectivity index (χ1v) is 6.07. The van der Waals surface area contributed by atoms with E-state index < -0.39 is 0 Å². The average Bonchev–Trinajstić information content (AvgIpc) is 2.29. The second-order valence-electron chi connectivity index (χ2n) is 4.22. The fourth-order valence-corrected chi connectivity index (χ4v) is 1.99. The molecule has 0 aromatic heterocycles. The molecule has 0 saturated carbocycles. The van der Waals surface area contributed by atoms with Gasteiger partial charge in [0.25, 0.3) is 0 Å². The van der Waals surface area contributed by atoms with E-state index in [1.807, 2.05) is 13.0 Å². The van der Waals surface area contributed by atoms with Crippen molar-refractivity contribution in [1.82, 2.24) is 4.90 Å². The topological polar surface area (TPSA) is 12.5 Å². The molecule has 0 aromatic carbocycles. The molecule has 16 heavy (non-hydrogen) atoms. The van der Waals surface area contributed by atoms with Crippen molar-refractivity contribution < 1.29 is 4.74 Å². The molecule has 0 unspecified atom stereocenters. The predicted molar refractivity (Wildman–Crippen MR) is 69.1 cm³/mol. The molecule has 0 aromatic rings. The summed E-state index contributed by atoms with van der Waals surface area (Å²) in [7, 11) is 0. The summed E-state index contributed by atoms with van der Waals surface area (Å²) >= 11 is 0. The molecule has 0 atom stereocenters. The number of hydrogen-bond donors (Lipinski definition) is 0. The van der Waals surface area contributed by atoms with Crippen LogP contribution in [0.4, 0.5) is 0 Å². The van der Waals surface area contributed by atoms with E-state index in [9.17, 15) is 0 Å². The maximum Gasteiger partial charge on any atom is 0.102 e. The van der Waals surface area contributed by atoms with Crippen LogP contribution in [0.5, 0.6) is 0 Å². The molecule has 0 radical (unpaired) electrons. The Labute approximate surface area is 99.3 Å². The van der Waals surface area contributed by atoms with E-state index in [1.165, 1.54) is 0 Å². The first-order chi connectivity index (χ1) is 7.67. The van der Waals surface area contributed by atoms with E-state index in [0.29, 0.717) is 6.10 Å². The molecule has 0 amide bonds. The number of likely N-dealkylation sites (tertiary alicyclic amines) is 1. The number of hydrogen-bond acceptors (Lipinski definition) is 2. The van der Waals surface area contributed by atoms with Gasteiger partial charge < -0.3 is 9.64 Å². The summed E-state index contributed by atoms with van der Waals surface area (Å²) < 4.78 is 5.87. The van der Waals surface area contributed by atoms with E-state index in [-0.39, 0.29) is 0 Å². The van der Waals surface area contributed by atoms with Gasteiger partial charge in [0.2, 0.25) is 0 Å². The molecule has 0 aliphatic carbocycles. The van der Waals surface area contributed by atoms with Crippen molar-refractivity contribution in [3.8, 4) is 0 Å². The van der Waals surface area contributed by atoms with Gasteiger partial charge in [-0.25, -0.2) is 0 Å². The van der Waals surface area contributed by atoms with Crippen LogP contribution < -0.4 is 0 Å². The molecule has 1 aliphatic rings. The van der Waals surface area contributed by atoms with Crippen LogP contribution in [0.2, 0.25) is 0 Å². The zero-order chi connectivity index (χ0) is 12.0. The van der Waals surface area contributed by atoms with Crippen LogP contribution in [0.1, 0.15) is 33.1 Å². The highest BCUT2D eigenvalue weighted by Gasteiger charge is 2.20. The van der Waals surface area contributed by atoms with Gasteiger partial charge in [-0.2, -0.15) is 0 Å². The monoisotopic (exact) mass is 221 g/mol. The molecule has 0 N–H and O–H groups in total. The third-order valence-electron chi connectivity index (χ3n) is 2.93. The molecule has 0 bridgehead atoms. The van der Waals surface area contributed by atoms with Gasteiger partial charge >= 0.3 is 0 Å². The predicted octanol–water partition coefficient (Wildman–Crippen LogP) is 3.48. The van der Waals surface area contributed by atoms with E-state index >= 15 is 0 Å². The Hall–Kier alpha value is -1.18. The van der Waals surface area contributed by atoms with Crippen LogP contribution in [0, 0.1) is 0 Å². The molecule has 1 fully saturated rings. The van der Waals surface area contributed by atoms with Crippen molar-refractivity contribution in [2.45, 2.75) is 39.2 Å². The number of allylic oxidation sites excluding steroid dienone is 3. The Bertz CT molecular complexity index is 272. The Kier molecular flexibility index (Phi) is 5.17. The van der Waals surface area contributed by atoms with Gasteiger partial charge in [-0.3, -0.25) is 0 Å². The second kappa shape index (κ2) is 6.41. The Balaban J connectivity index is 2.35. The van der Waals surface area contributed by atoms with Gasteiger partial charge in [-0.05, 0) is 25.5 Å². The Morgan fingerprint density at radius 2 is 2.06 bits per heavy atom. The number of nitrogens with zero attached hydrogens (tertiary/aromatic N) is 1. The highest BCUT2D eigenvalue weighted by Crippen LogP contribution is 2.19. The normalized spacial score (nSPS) is 18.4. The largest absolute Gasteiger partial charge is 0.495 e. The summed E-state index contributed by atoms with van der Waals surface area (Å²) in [6.07, 6.45) is 7.51. The fraction of sp³-hybridized carbons (Fsp3) is 0.571. The van der Waals surface area contributed by atoms with E-state index in [4.69, 9.17) is 4.74 Å². The average molecular weight is 221 g/mol. The van der Waals surface area contributed by atoms with E-state index in [1.54, 1.807) is 0 Å². The first-order valence-electron chi connectivity index (χ1n) is 6.07. The lowest BCUT2D eigenvalue weighted by molar-refractivity contribution is 0.0618. The zero-order valence-electron chi connectivity index (χ0n) is 10.5. The summed E-state index contributed by atoms with van der Waals surface area (Å²) in [5.41, 5.74) is 1.03. The van der Waals surface area contributed by atoms with Gasteiger partial charge in [-0.1, -0.05) is 20.1 Å². The summed E-state index contributed by atoms with van der Waals surface area (Å²) in [6, 6.07) is 0. The highest BCUT2D eigenvalue weighted by molar-refractivity contribution is 5.10. The molecule has 0 spiro atoms. The van der Waals surface area contributed by atoms with Crippen LogP contribution in [0.25, 0.3) is 0 Å². The maximum atomic E-state index is 5.87. The molecule has 2 nitrogen and oxygen atoms in total. The number of rotatable bonds is 5. The van der Waals surface area contributed by atoms with Crippen molar-refractivity contribution in [3.63, 3.8) is 0 Å². The van der Waals surface area contributed by atoms with Gasteiger partial charge in [0.1, 0.15) is 6.10 Å².